The van der Waals surface area contributed by atoms with E-state index >= 15 is 0 Å². The Morgan fingerprint density at radius 1 is 1.73 bits per heavy atom. The number of hydrogen-bond donors (Lipinski definition) is 0. The summed E-state index contributed by atoms with van der Waals surface area (Å²) in [4.78, 5) is 11.3. The molecular weight excluding hydrogens is 140 g/mol. The topological polar surface area (TPSA) is 26.3 Å². The van der Waals surface area contributed by atoms with Gasteiger partial charge in [-0.05, 0) is 12.8 Å². The second kappa shape index (κ2) is 2.10. The van der Waals surface area contributed by atoms with Crippen LogP contribution in [0.5, 0.6) is 0 Å². The van der Waals surface area contributed by atoms with Crippen LogP contribution < -0.4 is 0 Å². The van der Waals surface area contributed by atoms with E-state index in [1.807, 2.05) is 6.08 Å². The van der Waals surface area contributed by atoms with Crippen molar-refractivity contribution >= 4 is 5.97 Å². The van der Waals surface area contributed by atoms with Gasteiger partial charge in [0.2, 0.25) is 0 Å². The molecule has 1 spiro atoms. The van der Waals surface area contributed by atoms with Crippen LogP contribution in [0, 0.1) is 11.3 Å². The number of cyclic esters (lactones) is 1. The lowest BCUT2D eigenvalue weighted by molar-refractivity contribution is -0.144. The predicted octanol–water partition coefficient (Wildman–Crippen LogP) is 1.52. The average molecular weight is 152 g/mol. The molecule has 0 unspecified atom stereocenters. The number of allylic oxidation sites excluding steroid dienone is 1. The van der Waals surface area contributed by atoms with Crippen molar-refractivity contribution in [1.82, 2.24) is 0 Å². The van der Waals surface area contributed by atoms with Crippen molar-refractivity contribution in [1.29, 1.82) is 0 Å². The summed E-state index contributed by atoms with van der Waals surface area (Å²) in [6, 6.07) is 0. The van der Waals surface area contributed by atoms with Gasteiger partial charge < -0.3 is 4.74 Å². The minimum Gasteiger partial charge on any atom is -0.465 e. The third-order valence-corrected chi connectivity index (χ3v) is 2.86. The summed E-state index contributed by atoms with van der Waals surface area (Å²) < 4.78 is 5.01. The van der Waals surface area contributed by atoms with E-state index in [0.29, 0.717) is 12.5 Å². The van der Waals surface area contributed by atoms with Gasteiger partial charge in [0.1, 0.15) is 0 Å². The Balaban J connectivity index is 2.34. The van der Waals surface area contributed by atoms with Crippen LogP contribution in [0.25, 0.3) is 0 Å². The minimum absolute atomic E-state index is 0.0150. The molecule has 0 aromatic rings. The van der Waals surface area contributed by atoms with Crippen LogP contribution in [-0.2, 0) is 9.53 Å². The molecule has 11 heavy (non-hydrogen) atoms. The molecular formula is C9H12O2. The monoisotopic (exact) mass is 152 g/mol. The second-order valence-electron chi connectivity index (χ2n) is 3.48. The molecule has 1 fully saturated rings. The van der Waals surface area contributed by atoms with Gasteiger partial charge in [-0.3, -0.25) is 4.79 Å². The first-order valence-electron chi connectivity index (χ1n) is 4.11. The summed E-state index contributed by atoms with van der Waals surface area (Å²) in [7, 11) is 0. The van der Waals surface area contributed by atoms with Gasteiger partial charge in [0.25, 0.3) is 0 Å². The molecule has 1 saturated heterocycles. The first-order valence-corrected chi connectivity index (χ1v) is 4.11. The van der Waals surface area contributed by atoms with Crippen molar-refractivity contribution in [2.24, 2.45) is 11.3 Å². The van der Waals surface area contributed by atoms with Gasteiger partial charge in [0, 0.05) is 5.92 Å². The van der Waals surface area contributed by atoms with E-state index in [1.165, 1.54) is 0 Å². The number of hydrogen-bond acceptors (Lipinski definition) is 2. The lowest BCUT2D eigenvalue weighted by Gasteiger charge is -2.19. The van der Waals surface area contributed by atoms with Gasteiger partial charge in [0.05, 0.1) is 12.0 Å². The van der Waals surface area contributed by atoms with E-state index in [-0.39, 0.29) is 11.4 Å². The van der Waals surface area contributed by atoms with Crippen molar-refractivity contribution in [2.75, 3.05) is 6.61 Å². The molecule has 0 amide bonds. The smallest absolute Gasteiger partial charge is 0.316 e. The Labute approximate surface area is 66.2 Å². The summed E-state index contributed by atoms with van der Waals surface area (Å²) in [6.45, 7) is 2.68. The van der Waals surface area contributed by atoms with Crippen molar-refractivity contribution in [3.63, 3.8) is 0 Å². The quantitative estimate of drug-likeness (QED) is 0.388. The summed E-state index contributed by atoms with van der Waals surface area (Å²) in [5.74, 6) is 0.354. The first-order chi connectivity index (χ1) is 5.26. The molecule has 2 nitrogen and oxygen atoms in total. The fourth-order valence-corrected chi connectivity index (χ4v) is 1.96. The van der Waals surface area contributed by atoms with Crippen molar-refractivity contribution < 1.29 is 9.53 Å². The molecule has 1 aliphatic carbocycles. The molecule has 2 aliphatic rings. The van der Waals surface area contributed by atoms with Crippen molar-refractivity contribution in [3.8, 4) is 0 Å². The van der Waals surface area contributed by atoms with E-state index in [2.05, 4.69) is 13.0 Å². The van der Waals surface area contributed by atoms with E-state index in [9.17, 15) is 4.79 Å². The third-order valence-electron chi connectivity index (χ3n) is 2.86. The maximum atomic E-state index is 11.3. The van der Waals surface area contributed by atoms with Gasteiger partial charge in [-0.1, -0.05) is 19.1 Å². The molecule has 0 N–H and O–H groups in total. The fraction of sp³-hybridized carbons (Fsp3) is 0.667. The molecule has 0 aromatic heterocycles. The van der Waals surface area contributed by atoms with Crippen LogP contribution in [0.2, 0.25) is 0 Å². The summed E-state index contributed by atoms with van der Waals surface area (Å²) >= 11 is 0. The van der Waals surface area contributed by atoms with Gasteiger partial charge in [-0.15, -0.1) is 0 Å². The van der Waals surface area contributed by atoms with E-state index < -0.39 is 0 Å². The lowest BCUT2D eigenvalue weighted by atomic mass is 9.78. The molecule has 60 valence electrons. The molecule has 0 saturated carbocycles. The first kappa shape index (κ1) is 6.89. The highest BCUT2D eigenvalue weighted by atomic mass is 16.5. The van der Waals surface area contributed by atoms with Crippen LogP contribution in [0.4, 0.5) is 0 Å². The Kier molecular flexibility index (Phi) is 1.31. The number of carbonyl (C=O) groups excluding carboxylic acids is 1. The second-order valence-corrected chi connectivity index (χ2v) is 3.48. The minimum atomic E-state index is -0.236. The zero-order valence-electron chi connectivity index (χ0n) is 6.67. The molecule has 2 rings (SSSR count). The van der Waals surface area contributed by atoms with E-state index in [4.69, 9.17) is 4.74 Å². The van der Waals surface area contributed by atoms with Crippen LogP contribution in [-0.4, -0.2) is 12.6 Å². The standard InChI is InChI=1S/C9H12O2/c1-7-6-11-8(10)9(7)4-2-3-5-9/h2,4,7H,3,5-6H2,1H3/t7-,9+/m1/s1. The third kappa shape index (κ3) is 0.753. The van der Waals surface area contributed by atoms with Crippen molar-refractivity contribution in [3.05, 3.63) is 12.2 Å². The largest absolute Gasteiger partial charge is 0.465 e. The van der Waals surface area contributed by atoms with Crippen LogP contribution in [0.3, 0.4) is 0 Å². The predicted molar refractivity (Wildman–Crippen MR) is 40.9 cm³/mol. The molecule has 1 aliphatic heterocycles. The zero-order chi connectivity index (χ0) is 7.90. The molecule has 2 heteroatoms. The molecule has 1 heterocycles. The summed E-state index contributed by atoms with van der Waals surface area (Å²) in [5, 5.41) is 0. The number of ether oxygens (including phenoxy) is 1. The van der Waals surface area contributed by atoms with Crippen LogP contribution in [0.1, 0.15) is 19.8 Å². The van der Waals surface area contributed by atoms with Gasteiger partial charge >= 0.3 is 5.97 Å². The van der Waals surface area contributed by atoms with Gasteiger partial charge in [-0.2, -0.15) is 0 Å². The lowest BCUT2D eigenvalue weighted by Crippen LogP contribution is -2.27. The molecule has 0 radical (unpaired) electrons. The summed E-state index contributed by atoms with van der Waals surface area (Å²) in [6.07, 6.45) is 6.10. The Hall–Kier alpha value is -0.790. The molecule has 0 bridgehead atoms. The van der Waals surface area contributed by atoms with E-state index in [1.54, 1.807) is 0 Å². The SMILES string of the molecule is C[C@@H]1COC(=O)[C@]12C=CCC2. The Morgan fingerprint density at radius 3 is 3.00 bits per heavy atom. The van der Waals surface area contributed by atoms with Gasteiger partial charge in [0.15, 0.2) is 0 Å². The highest BCUT2D eigenvalue weighted by Crippen LogP contribution is 2.44. The molecule has 0 aromatic carbocycles. The van der Waals surface area contributed by atoms with Crippen LogP contribution >= 0.6 is 0 Å². The summed E-state index contributed by atoms with van der Waals surface area (Å²) in [5.41, 5.74) is -0.236. The van der Waals surface area contributed by atoms with Gasteiger partial charge in [-0.25, -0.2) is 0 Å². The zero-order valence-corrected chi connectivity index (χ0v) is 6.67. The Bertz CT molecular complexity index is 220. The van der Waals surface area contributed by atoms with Crippen molar-refractivity contribution in [2.45, 2.75) is 19.8 Å². The number of rotatable bonds is 0. The maximum absolute atomic E-state index is 11.3. The highest BCUT2D eigenvalue weighted by Gasteiger charge is 2.49. The van der Waals surface area contributed by atoms with E-state index in [0.717, 1.165) is 12.8 Å². The Morgan fingerprint density at radius 2 is 2.55 bits per heavy atom. The fourth-order valence-electron chi connectivity index (χ4n) is 1.96. The van der Waals surface area contributed by atoms with Crippen LogP contribution in [0.15, 0.2) is 12.2 Å². The number of carbonyl (C=O) groups is 1. The maximum Gasteiger partial charge on any atom is 0.316 e. The average Bonchev–Trinajstić information content (AvgIpc) is 2.56. The normalized spacial score (nSPS) is 41.9. The highest BCUT2D eigenvalue weighted by molar-refractivity contribution is 5.82. The molecule has 2 atom stereocenters. The number of esters is 1.